The Hall–Kier alpha value is -6.12. The standard InChI is InChI=1S/C44H29NO/c1-2-14-35(15-3-1)45(36-26-23-31(24-27-36)34-22-21-30-11-4-5-13-33(30)29-34)41-19-9-8-17-38(41)39-18-10-20-42-43(39)40-28-25-32-12-6-7-16-37(32)44(40)46-42/h1-29H/i1D,2D,3D,14D,15D. The van der Waals surface area contributed by atoms with Gasteiger partial charge in [-0.1, -0.05) is 127 Å². The number of rotatable bonds is 5. The second-order valence-electron chi connectivity index (χ2n) is 11.4. The Morgan fingerprint density at radius 1 is 0.478 bits per heavy atom. The van der Waals surface area contributed by atoms with Gasteiger partial charge in [-0.25, -0.2) is 0 Å². The molecule has 0 aliphatic rings. The van der Waals surface area contributed by atoms with Gasteiger partial charge in [-0.15, -0.1) is 0 Å². The zero-order valence-corrected chi connectivity index (χ0v) is 24.7. The molecule has 0 saturated heterocycles. The number of hydrogen-bond donors (Lipinski definition) is 0. The molecule has 0 amide bonds. The molecule has 2 heteroatoms. The summed E-state index contributed by atoms with van der Waals surface area (Å²) in [6.07, 6.45) is 0. The highest BCUT2D eigenvalue weighted by molar-refractivity contribution is 6.19. The minimum Gasteiger partial charge on any atom is -0.455 e. The number of anilines is 3. The maximum atomic E-state index is 9.05. The first kappa shape index (κ1) is 21.6. The van der Waals surface area contributed by atoms with E-state index < -0.39 is 18.1 Å². The van der Waals surface area contributed by atoms with Crippen molar-refractivity contribution in [2.24, 2.45) is 0 Å². The zero-order valence-electron chi connectivity index (χ0n) is 29.7. The second kappa shape index (κ2) is 10.8. The van der Waals surface area contributed by atoms with Gasteiger partial charge in [0.15, 0.2) is 0 Å². The van der Waals surface area contributed by atoms with Crippen molar-refractivity contribution >= 4 is 60.5 Å². The average molecular weight is 593 g/mol. The number of furan rings is 1. The number of nitrogens with zero attached hydrogens (tertiary/aromatic N) is 1. The Bertz CT molecular complexity index is 2800. The van der Waals surface area contributed by atoms with Gasteiger partial charge in [-0.3, -0.25) is 0 Å². The first-order chi connectivity index (χ1) is 24.9. The lowest BCUT2D eigenvalue weighted by Gasteiger charge is -2.28. The Labute approximate surface area is 274 Å². The fraction of sp³-hybridized carbons (Fsp3) is 0. The molecule has 0 unspecified atom stereocenters. The van der Waals surface area contributed by atoms with E-state index in [4.69, 9.17) is 11.3 Å². The highest BCUT2D eigenvalue weighted by Gasteiger charge is 2.20. The minimum absolute atomic E-state index is 0.0714. The summed E-state index contributed by atoms with van der Waals surface area (Å²) in [4.78, 5) is 1.79. The van der Waals surface area contributed by atoms with Crippen molar-refractivity contribution in [1.82, 2.24) is 0 Å². The molecule has 0 atom stereocenters. The molecule has 8 aromatic carbocycles. The van der Waals surface area contributed by atoms with E-state index in [1.54, 1.807) is 4.90 Å². The number of fused-ring (bicyclic) bond motifs is 6. The van der Waals surface area contributed by atoms with Gasteiger partial charge < -0.3 is 9.32 Å². The van der Waals surface area contributed by atoms with Crippen LogP contribution in [0.2, 0.25) is 0 Å². The van der Waals surface area contributed by atoms with Gasteiger partial charge in [0.1, 0.15) is 11.2 Å². The van der Waals surface area contributed by atoms with Gasteiger partial charge in [0.2, 0.25) is 0 Å². The normalized spacial score (nSPS) is 13.0. The Morgan fingerprint density at radius 3 is 2.04 bits per heavy atom. The van der Waals surface area contributed by atoms with Gasteiger partial charge in [-0.2, -0.15) is 0 Å². The van der Waals surface area contributed by atoms with Crippen LogP contribution in [0.1, 0.15) is 6.85 Å². The molecule has 2 nitrogen and oxygen atoms in total. The molecule has 0 bridgehead atoms. The maximum absolute atomic E-state index is 9.05. The number of para-hydroxylation sites is 2. The first-order valence-electron chi connectivity index (χ1n) is 17.8. The predicted molar refractivity (Wildman–Crippen MR) is 194 cm³/mol. The number of benzene rings is 8. The average Bonchev–Trinajstić information content (AvgIpc) is 3.58. The summed E-state index contributed by atoms with van der Waals surface area (Å²) >= 11 is 0. The van der Waals surface area contributed by atoms with Crippen molar-refractivity contribution in [3.8, 4) is 22.3 Å². The molecule has 1 aromatic heterocycles. The van der Waals surface area contributed by atoms with Gasteiger partial charge in [-0.05, 0) is 81.3 Å². The van der Waals surface area contributed by atoms with Crippen LogP contribution >= 0.6 is 0 Å². The van der Waals surface area contributed by atoms with Crippen LogP contribution in [-0.2, 0) is 0 Å². The highest BCUT2D eigenvalue weighted by Crippen LogP contribution is 2.45. The van der Waals surface area contributed by atoms with Gasteiger partial charge >= 0.3 is 0 Å². The molecule has 0 spiro atoms. The molecule has 1 heterocycles. The summed E-state index contributed by atoms with van der Waals surface area (Å²) in [7, 11) is 0. The molecule has 0 N–H and O–H groups in total. The fourth-order valence-electron chi connectivity index (χ4n) is 6.59. The summed E-state index contributed by atoms with van der Waals surface area (Å²) in [5.74, 6) is 0. The molecule has 0 radical (unpaired) electrons. The predicted octanol–water partition coefficient (Wildman–Crippen LogP) is 12.7. The van der Waals surface area contributed by atoms with Crippen LogP contribution in [0.25, 0.3) is 65.7 Å². The molecule has 0 saturated carbocycles. The summed E-state index contributed by atoms with van der Waals surface area (Å²) < 4.78 is 50.1. The van der Waals surface area contributed by atoms with E-state index in [9.17, 15) is 0 Å². The van der Waals surface area contributed by atoms with Gasteiger partial charge in [0, 0.05) is 33.1 Å². The van der Waals surface area contributed by atoms with Crippen LogP contribution in [0.15, 0.2) is 180 Å². The largest absolute Gasteiger partial charge is 0.455 e. The molecule has 216 valence electrons. The van der Waals surface area contributed by atoms with E-state index in [1.807, 2.05) is 91.0 Å². The third-order valence-corrected chi connectivity index (χ3v) is 8.74. The maximum Gasteiger partial charge on any atom is 0.143 e. The molecule has 9 aromatic rings. The van der Waals surface area contributed by atoms with Crippen molar-refractivity contribution in [3.05, 3.63) is 176 Å². The zero-order chi connectivity index (χ0) is 34.8. The minimum atomic E-state index is -0.435. The monoisotopic (exact) mass is 592 g/mol. The molecule has 9 rings (SSSR count). The van der Waals surface area contributed by atoms with Crippen LogP contribution < -0.4 is 4.90 Å². The summed E-state index contributed by atoms with van der Waals surface area (Å²) in [5, 5.41) is 6.34. The highest BCUT2D eigenvalue weighted by atomic mass is 16.3. The Morgan fingerprint density at radius 2 is 1.17 bits per heavy atom. The first-order valence-corrected chi connectivity index (χ1v) is 15.3. The van der Waals surface area contributed by atoms with Crippen LogP contribution in [0.4, 0.5) is 17.1 Å². The molecule has 0 aliphatic carbocycles. The second-order valence-corrected chi connectivity index (χ2v) is 11.4. The van der Waals surface area contributed by atoms with E-state index in [0.29, 0.717) is 11.4 Å². The van der Waals surface area contributed by atoms with Crippen LogP contribution in [0, 0.1) is 0 Å². The van der Waals surface area contributed by atoms with Crippen molar-refractivity contribution in [2.45, 2.75) is 0 Å². The lowest BCUT2D eigenvalue weighted by molar-refractivity contribution is 0.673. The van der Waals surface area contributed by atoms with Gasteiger partial charge in [0.25, 0.3) is 0 Å². The van der Waals surface area contributed by atoms with E-state index in [2.05, 4.69) is 54.6 Å². The van der Waals surface area contributed by atoms with Crippen molar-refractivity contribution < 1.29 is 11.3 Å². The van der Waals surface area contributed by atoms with Crippen molar-refractivity contribution in [1.29, 1.82) is 0 Å². The SMILES string of the molecule is [2H]c1c([2H])c([2H])c(N(c2ccc(-c3ccc4ccccc4c3)cc2)c2ccccc2-c2cccc3oc4c5ccccc5ccc4c23)c([2H])c1[2H]. The Balaban J connectivity index is 1.28. The Kier molecular flexibility index (Phi) is 5.06. The third-order valence-electron chi connectivity index (χ3n) is 8.74. The summed E-state index contributed by atoms with van der Waals surface area (Å²) in [6.45, 7) is 0. The molecule has 46 heavy (non-hydrogen) atoms. The van der Waals surface area contributed by atoms with E-state index in [-0.39, 0.29) is 17.8 Å². The van der Waals surface area contributed by atoms with Crippen LogP contribution in [-0.4, -0.2) is 0 Å². The van der Waals surface area contributed by atoms with E-state index in [1.165, 1.54) is 0 Å². The lowest BCUT2D eigenvalue weighted by atomic mass is 9.96. The topological polar surface area (TPSA) is 16.4 Å². The van der Waals surface area contributed by atoms with Crippen LogP contribution in [0.5, 0.6) is 0 Å². The molecular formula is C44H29NO. The molecule has 0 aliphatic heterocycles. The van der Waals surface area contributed by atoms with Gasteiger partial charge in [0.05, 0.1) is 12.5 Å². The quantitative estimate of drug-likeness (QED) is 0.198. The fourth-order valence-corrected chi connectivity index (χ4v) is 6.59. The molecular weight excluding hydrogens is 558 g/mol. The molecule has 0 fully saturated rings. The van der Waals surface area contributed by atoms with Crippen LogP contribution in [0.3, 0.4) is 0 Å². The third kappa shape index (κ3) is 4.35. The number of hydrogen-bond acceptors (Lipinski definition) is 2. The van der Waals surface area contributed by atoms with E-state index in [0.717, 1.165) is 65.7 Å². The summed E-state index contributed by atoms with van der Waals surface area (Å²) in [6, 6.07) is 46.9. The summed E-state index contributed by atoms with van der Waals surface area (Å²) in [5.41, 5.74) is 6.72. The van der Waals surface area contributed by atoms with Crippen molar-refractivity contribution in [2.75, 3.05) is 4.90 Å². The van der Waals surface area contributed by atoms with E-state index >= 15 is 0 Å². The lowest BCUT2D eigenvalue weighted by Crippen LogP contribution is -2.11. The smallest absolute Gasteiger partial charge is 0.143 e. The van der Waals surface area contributed by atoms with Crippen molar-refractivity contribution in [3.63, 3.8) is 0 Å².